The molecule has 2 aromatic rings. The quantitative estimate of drug-likeness (QED) is 0.798. The van der Waals surface area contributed by atoms with Crippen molar-refractivity contribution in [1.29, 1.82) is 5.26 Å². The molecule has 0 heterocycles. The number of benzene rings is 2. The highest BCUT2D eigenvalue weighted by Crippen LogP contribution is 2.32. The summed E-state index contributed by atoms with van der Waals surface area (Å²) in [5.74, 6) is -0.606. The van der Waals surface area contributed by atoms with E-state index in [0.717, 1.165) is 0 Å². The fourth-order valence-electron chi connectivity index (χ4n) is 1.58. The van der Waals surface area contributed by atoms with E-state index in [1.807, 2.05) is 6.07 Å². The minimum absolute atomic E-state index is 0.0852. The predicted octanol–water partition coefficient (Wildman–Crippen LogP) is 2.56. The van der Waals surface area contributed by atoms with E-state index in [9.17, 15) is 9.50 Å². The lowest BCUT2D eigenvalue weighted by Crippen LogP contribution is -1.90. The van der Waals surface area contributed by atoms with E-state index >= 15 is 0 Å². The molecule has 0 aliphatic heterocycles. The number of nitriles is 1. The van der Waals surface area contributed by atoms with Gasteiger partial charge < -0.3 is 9.84 Å². The Morgan fingerprint density at radius 1 is 1.31 bits per heavy atom. The first-order valence-electron chi connectivity index (χ1n) is 4.56. The molecule has 16 heavy (non-hydrogen) atoms. The SMILES string of the molecule is COc1ccc2c(O)cc(C#N)cc2c1F. The molecule has 2 aromatic carbocycles. The summed E-state index contributed by atoms with van der Waals surface area (Å²) >= 11 is 0. The molecule has 0 radical (unpaired) electrons. The van der Waals surface area contributed by atoms with Gasteiger partial charge in [0.1, 0.15) is 5.75 Å². The van der Waals surface area contributed by atoms with Gasteiger partial charge in [-0.1, -0.05) is 0 Å². The maximum absolute atomic E-state index is 13.8. The van der Waals surface area contributed by atoms with Crippen LogP contribution in [0.3, 0.4) is 0 Å². The van der Waals surface area contributed by atoms with E-state index in [4.69, 9.17) is 10.00 Å². The van der Waals surface area contributed by atoms with E-state index in [1.165, 1.54) is 25.3 Å². The smallest absolute Gasteiger partial charge is 0.173 e. The van der Waals surface area contributed by atoms with Crippen LogP contribution in [0.4, 0.5) is 4.39 Å². The number of nitrogens with zero attached hydrogens (tertiary/aromatic N) is 1. The Bertz CT molecular complexity index is 602. The van der Waals surface area contributed by atoms with Gasteiger partial charge in [0, 0.05) is 10.8 Å². The highest BCUT2D eigenvalue weighted by Gasteiger charge is 2.11. The molecular weight excluding hydrogens is 209 g/mol. The van der Waals surface area contributed by atoms with Crippen LogP contribution in [0.25, 0.3) is 10.8 Å². The molecule has 0 unspecified atom stereocenters. The van der Waals surface area contributed by atoms with Gasteiger partial charge in [-0.05, 0) is 24.3 Å². The third kappa shape index (κ3) is 1.43. The Kier molecular flexibility index (Phi) is 2.37. The molecule has 0 fully saturated rings. The zero-order valence-corrected chi connectivity index (χ0v) is 8.49. The van der Waals surface area contributed by atoms with E-state index in [-0.39, 0.29) is 22.4 Å². The molecule has 0 amide bonds. The molecule has 4 heteroatoms. The summed E-state index contributed by atoms with van der Waals surface area (Å²) in [6, 6.07) is 7.52. The van der Waals surface area contributed by atoms with Gasteiger partial charge >= 0.3 is 0 Å². The van der Waals surface area contributed by atoms with Crippen molar-refractivity contribution in [1.82, 2.24) is 0 Å². The number of methoxy groups -OCH3 is 1. The minimum atomic E-state index is -0.576. The lowest BCUT2D eigenvalue weighted by molar-refractivity contribution is 0.389. The largest absolute Gasteiger partial charge is 0.507 e. The second kappa shape index (κ2) is 3.70. The number of phenolic OH excluding ortho intramolecular Hbond substituents is 1. The number of halogens is 1. The van der Waals surface area contributed by atoms with E-state index in [1.54, 1.807) is 6.07 Å². The second-order valence-electron chi connectivity index (χ2n) is 3.28. The molecule has 0 bridgehead atoms. The third-order valence-corrected chi connectivity index (χ3v) is 2.36. The summed E-state index contributed by atoms with van der Waals surface area (Å²) in [5.41, 5.74) is 0.206. The summed E-state index contributed by atoms with van der Waals surface area (Å²) in [5, 5.41) is 18.9. The van der Waals surface area contributed by atoms with Gasteiger partial charge in [-0.15, -0.1) is 0 Å². The van der Waals surface area contributed by atoms with Crippen LogP contribution in [-0.2, 0) is 0 Å². The monoisotopic (exact) mass is 217 g/mol. The molecule has 0 aliphatic carbocycles. The van der Waals surface area contributed by atoms with Crippen molar-refractivity contribution in [2.45, 2.75) is 0 Å². The number of rotatable bonds is 1. The molecule has 0 aromatic heterocycles. The van der Waals surface area contributed by atoms with Crippen LogP contribution in [0.2, 0.25) is 0 Å². The van der Waals surface area contributed by atoms with Crippen molar-refractivity contribution < 1.29 is 14.2 Å². The van der Waals surface area contributed by atoms with Gasteiger partial charge in [0.15, 0.2) is 11.6 Å². The van der Waals surface area contributed by atoms with E-state index in [0.29, 0.717) is 5.39 Å². The number of ether oxygens (including phenoxy) is 1. The fourth-order valence-corrected chi connectivity index (χ4v) is 1.58. The lowest BCUT2D eigenvalue weighted by atomic mass is 10.1. The van der Waals surface area contributed by atoms with Crippen LogP contribution in [-0.4, -0.2) is 12.2 Å². The van der Waals surface area contributed by atoms with E-state index < -0.39 is 5.82 Å². The third-order valence-electron chi connectivity index (χ3n) is 2.36. The predicted molar refractivity (Wildman–Crippen MR) is 56.8 cm³/mol. The van der Waals surface area contributed by atoms with Crippen LogP contribution in [0, 0.1) is 17.1 Å². The molecule has 0 spiro atoms. The highest BCUT2D eigenvalue weighted by atomic mass is 19.1. The number of phenols is 1. The highest BCUT2D eigenvalue weighted by molar-refractivity contribution is 5.91. The van der Waals surface area contributed by atoms with Crippen molar-refractivity contribution in [2.24, 2.45) is 0 Å². The van der Waals surface area contributed by atoms with Gasteiger partial charge in [0.25, 0.3) is 0 Å². The molecular formula is C12H8FNO2. The first kappa shape index (κ1) is 10.2. The molecule has 0 saturated heterocycles. The zero-order valence-electron chi connectivity index (χ0n) is 8.49. The van der Waals surface area contributed by atoms with E-state index in [2.05, 4.69) is 0 Å². The average Bonchev–Trinajstić information content (AvgIpc) is 2.30. The minimum Gasteiger partial charge on any atom is -0.507 e. The van der Waals surface area contributed by atoms with Crippen molar-refractivity contribution in [3.8, 4) is 17.6 Å². The van der Waals surface area contributed by atoms with Crippen LogP contribution >= 0.6 is 0 Å². The Morgan fingerprint density at radius 3 is 2.69 bits per heavy atom. The molecule has 1 N–H and O–H groups in total. The van der Waals surface area contributed by atoms with Crippen molar-refractivity contribution in [3.63, 3.8) is 0 Å². The van der Waals surface area contributed by atoms with Gasteiger partial charge in [0.2, 0.25) is 0 Å². The fraction of sp³-hybridized carbons (Fsp3) is 0.0833. The Hall–Kier alpha value is -2.28. The lowest BCUT2D eigenvalue weighted by Gasteiger charge is -2.06. The standard InChI is InChI=1S/C12H8FNO2/c1-16-11-3-2-8-9(12(11)13)4-7(6-14)5-10(8)15/h2-5,15H,1H3. The van der Waals surface area contributed by atoms with Crippen LogP contribution in [0.1, 0.15) is 5.56 Å². The topological polar surface area (TPSA) is 53.2 Å². The average molecular weight is 217 g/mol. The second-order valence-corrected chi connectivity index (χ2v) is 3.28. The Labute approximate surface area is 91.3 Å². The summed E-state index contributed by atoms with van der Waals surface area (Å²) in [4.78, 5) is 0. The van der Waals surface area contributed by atoms with Crippen LogP contribution < -0.4 is 4.74 Å². The van der Waals surface area contributed by atoms with Crippen LogP contribution in [0.5, 0.6) is 11.5 Å². The molecule has 80 valence electrons. The first-order valence-corrected chi connectivity index (χ1v) is 4.56. The van der Waals surface area contributed by atoms with Crippen molar-refractivity contribution >= 4 is 10.8 Å². The summed E-state index contributed by atoms with van der Waals surface area (Å²) in [6.45, 7) is 0. The number of fused-ring (bicyclic) bond motifs is 1. The first-order chi connectivity index (χ1) is 7.67. The van der Waals surface area contributed by atoms with Gasteiger partial charge in [0.05, 0.1) is 18.7 Å². The molecule has 0 saturated carbocycles. The Balaban J connectivity index is 2.87. The summed E-state index contributed by atoms with van der Waals surface area (Å²) in [6.07, 6.45) is 0. The Morgan fingerprint density at radius 2 is 2.06 bits per heavy atom. The van der Waals surface area contributed by atoms with Gasteiger partial charge in [-0.3, -0.25) is 0 Å². The van der Waals surface area contributed by atoms with Gasteiger partial charge in [-0.25, -0.2) is 4.39 Å². The van der Waals surface area contributed by atoms with Crippen molar-refractivity contribution in [2.75, 3.05) is 7.11 Å². The normalized spacial score (nSPS) is 10.1. The molecule has 0 atom stereocenters. The number of aromatic hydroxyl groups is 1. The van der Waals surface area contributed by atoms with Crippen LogP contribution in [0.15, 0.2) is 24.3 Å². The maximum Gasteiger partial charge on any atom is 0.173 e. The summed E-state index contributed by atoms with van der Waals surface area (Å²) < 4.78 is 18.6. The summed E-state index contributed by atoms with van der Waals surface area (Å²) in [7, 11) is 1.36. The molecule has 0 aliphatic rings. The zero-order chi connectivity index (χ0) is 11.7. The van der Waals surface area contributed by atoms with Gasteiger partial charge in [-0.2, -0.15) is 5.26 Å². The number of hydrogen-bond acceptors (Lipinski definition) is 3. The maximum atomic E-state index is 13.8. The number of hydrogen-bond donors (Lipinski definition) is 1. The molecule has 2 rings (SSSR count). The molecule has 3 nitrogen and oxygen atoms in total. The van der Waals surface area contributed by atoms with Crippen molar-refractivity contribution in [3.05, 3.63) is 35.6 Å².